The molecule has 0 amide bonds. The molecule has 1 aromatic carbocycles. The first-order valence-electron chi connectivity index (χ1n) is 8.47. The Morgan fingerprint density at radius 2 is 1.93 bits per heavy atom. The van der Waals surface area contributed by atoms with Crippen molar-refractivity contribution in [1.29, 1.82) is 0 Å². The standard InChI is InChI=1S/C20H20N2O5/c1-12(2)17-11-21(9-13-5-4-6-14(7-13)27-3)19(24)16-8-18(23)15(20(25)26)10-22(16)17/h4-8,10-12H,9H2,1-3H3,(H,25,26). The summed E-state index contributed by atoms with van der Waals surface area (Å²) in [7, 11) is 1.57. The summed E-state index contributed by atoms with van der Waals surface area (Å²) in [4.78, 5) is 36.3. The molecule has 0 aliphatic carbocycles. The van der Waals surface area contributed by atoms with Crippen LogP contribution in [0.3, 0.4) is 0 Å². The van der Waals surface area contributed by atoms with Crippen molar-refractivity contribution in [3.8, 4) is 5.75 Å². The third kappa shape index (κ3) is 3.48. The van der Waals surface area contributed by atoms with Crippen LogP contribution in [0.1, 0.15) is 41.4 Å². The van der Waals surface area contributed by atoms with Gasteiger partial charge in [-0.05, 0) is 23.6 Å². The Morgan fingerprint density at radius 3 is 2.56 bits per heavy atom. The fourth-order valence-corrected chi connectivity index (χ4v) is 3.01. The molecule has 2 heterocycles. The summed E-state index contributed by atoms with van der Waals surface area (Å²) in [5.41, 5.74) is 0.346. The van der Waals surface area contributed by atoms with Crippen molar-refractivity contribution in [2.75, 3.05) is 7.11 Å². The van der Waals surface area contributed by atoms with Crippen molar-refractivity contribution in [2.24, 2.45) is 0 Å². The molecule has 3 aromatic rings. The van der Waals surface area contributed by atoms with E-state index in [0.717, 1.165) is 17.3 Å². The molecule has 0 unspecified atom stereocenters. The molecule has 0 saturated heterocycles. The fourth-order valence-electron chi connectivity index (χ4n) is 3.01. The number of carbonyl (C=O) groups is 1. The zero-order valence-corrected chi connectivity index (χ0v) is 15.3. The van der Waals surface area contributed by atoms with Gasteiger partial charge in [-0.2, -0.15) is 0 Å². The first-order valence-corrected chi connectivity index (χ1v) is 8.47. The molecule has 0 radical (unpaired) electrons. The summed E-state index contributed by atoms with van der Waals surface area (Å²) >= 11 is 0. The number of carboxylic acids is 1. The molecule has 2 aromatic heterocycles. The van der Waals surface area contributed by atoms with E-state index in [1.807, 2.05) is 38.1 Å². The molecule has 3 rings (SSSR count). The third-order valence-electron chi connectivity index (χ3n) is 4.41. The highest BCUT2D eigenvalue weighted by Crippen LogP contribution is 2.17. The quantitative estimate of drug-likeness (QED) is 0.747. The molecule has 0 spiro atoms. The lowest BCUT2D eigenvalue weighted by atomic mass is 10.1. The number of hydrogen-bond acceptors (Lipinski definition) is 4. The number of hydrogen-bond donors (Lipinski definition) is 1. The lowest BCUT2D eigenvalue weighted by Gasteiger charge is -2.17. The van der Waals surface area contributed by atoms with E-state index in [1.165, 1.54) is 15.2 Å². The molecule has 140 valence electrons. The Hall–Kier alpha value is -3.35. The number of aromatic nitrogens is 2. The topological polar surface area (TPSA) is 90.0 Å². The zero-order valence-electron chi connectivity index (χ0n) is 15.3. The molecule has 0 saturated carbocycles. The van der Waals surface area contributed by atoms with Gasteiger partial charge in [-0.25, -0.2) is 4.79 Å². The molecule has 0 atom stereocenters. The number of fused-ring (bicyclic) bond motifs is 1. The number of nitrogens with zero attached hydrogens (tertiary/aromatic N) is 2. The summed E-state index contributed by atoms with van der Waals surface area (Å²) in [6.07, 6.45) is 2.93. The summed E-state index contributed by atoms with van der Waals surface area (Å²) < 4.78 is 8.24. The molecule has 1 N–H and O–H groups in total. The lowest BCUT2D eigenvalue weighted by Crippen LogP contribution is -2.28. The Kier molecular flexibility index (Phi) is 4.85. The van der Waals surface area contributed by atoms with Crippen LogP contribution in [0.25, 0.3) is 5.52 Å². The van der Waals surface area contributed by atoms with Crippen LogP contribution in [0.4, 0.5) is 0 Å². The van der Waals surface area contributed by atoms with Crippen LogP contribution in [0.2, 0.25) is 0 Å². The van der Waals surface area contributed by atoms with Crippen LogP contribution >= 0.6 is 0 Å². The van der Waals surface area contributed by atoms with Gasteiger partial charge in [0.2, 0.25) is 0 Å². The van der Waals surface area contributed by atoms with Crippen LogP contribution in [-0.2, 0) is 6.54 Å². The van der Waals surface area contributed by atoms with E-state index >= 15 is 0 Å². The van der Waals surface area contributed by atoms with Gasteiger partial charge in [-0.3, -0.25) is 9.59 Å². The molecule has 27 heavy (non-hydrogen) atoms. The maximum absolute atomic E-state index is 12.9. The van der Waals surface area contributed by atoms with E-state index in [9.17, 15) is 19.5 Å². The van der Waals surface area contributed by atoms with Gasteiger partial charge in [0, 0.05) is 24.2 Å². The number of ether oxygens (including phenoxy) is 1. The summed E-state index contributed by atoms with van der Waals surface area (Å²) in [6, 6.07) is 8.48. The van der Waals surface area contributed by atoms with Crippen LogP contribution in [0.15, 0.2) is 52.3 Å². The van der Waals surface area contributed by atoms with Gasteiger partial charge in [0.1, 0.15) is 16.8 Å². The van der Waals surface area contributed by atoms with Crippen molar-refractivity contribution >= 4 is 11.5 Å². The van der Waals surface area contributed by atoms with Gasteiger partial charge in [0.25, 0.3) is 5.56 Å². The number of benzene rings is 1. The second-order valence-electron chi connectivity index (χ2n) is 6.61. The molecule has 0 aliphatic rings. The predicted octanol–water partition coefficient (Wildman–Crippen LogP) is 2.34. The van der Waals surface area contributed by atoms with Crippen molar-refractivity contribution in [2.45, 2.75) is 26.3 Å². The number of carboxylic acid groups (broad SMARTS) is 1. The van der Waals surface area contributed by atoms with Crippen molar-refractivity contribution in [3.63, 3.8) is 0 Å². The van der Waals surface area contributed by atoms with Gasteiger partial charge in [0.05, 0.1) is 13.7 Å². The van der Waals surface area contributed by atoms with Crippen molar-refractivity contribution < 1.29 is 14.6 Å². The van der Waals surface area contributed by atoms with Crippen LogP contribution in [-0.4, -0.2) is 27.2 Å². The summed E-state index contributed by atoms with van der Waals surface area (Å²) in [5, 5.41) is 9.21. The summed E-state index contributed by atoms with van der Waals surface area (Å²) in [6.45, 7) is 4.18. The van der Waals surface area contributed by atoms with Crippen LogP contribution < -0.4 is 15.7 Å². The fraction of sp³-hybridized carbons (Fsp3) is 0.250. The van der Waals surface area contributed by atoms with Gasteiger partial charge >= 0.3 is 5.97 Å². The minimum Gasteiger partial charge on any atom is -0.497 e. The normalized spacial score (nSPS) is 11.1. The number of methoxy groups -OCH3 is 1. The Morgan fingerprint density at radius 1 is 1.19 bits per heavy atom. The number of rotatable bonds is 5. The molecule has 0 fully saturated rings. The average Bonchev–Trinajstić information content (AvgIpc) is 2.63. The zero-order chi connectivity index (χ0) is 19.7. The minimum absolute atomic E-state index is 0.00815. The van der Waals surface area contributed by atoms with E-state index in [4.69, 9.17) is 4.74 Å². The number of aromatic carboxylic acids is 1. The maximum atomic E-state index is 12.9. The monoisotopic (exact) mass is 368 g/mol. The molecular weight excluding hydrogens is 348 g/mol. The molecular formula is C20H20N2O5. The number of pyridine rings is 1. The van der Waals surface area contributed by atoms with E-state index in [1.54, 1.807) is 13.3 Å². The Balaban J connectivity index is 2.24. The van der Waals surface area contributed by atoms with Gasteiger partial charge in [0.15, 0.2) is 5.43 Å². The summed E-state index contributed by atoms with van der Waals surface area (Å²) in [5.74, 6) is -0.619. The second-order valence-corrected chi connectivity index (χ2v) is 6.61. The second kappa shape index (κ2) is 7.11. The van der Waals surface area contributed by atoms with E-state index in [-0.39, 0.29) is 22.6 Å². The molecule has 0 aliphatic heterocycles. The molecule has 7 heteroatoms. The first-order chi connectivity index (χ1) is 12.8. The molecule has 7 nitrogen and oxygen atoms in total. The average molecular weight is 368 g/mol. The minimum atomic E-state index is -1.32. The SMILES string of the molecule is COc1cccc(Cn2cc(C(C)C)n3cc(C(=O)O)c(=O)cc3c2=O)c1. The van der Waals surface area contributed by atoms with Gasteiger partial charge < -0.3 is 18.8 Å². The Labute approximate surface area is 155 Å². The van der Waals surface area contributed by atoms with Crippen LogP contribution in [0, 0.1) is 0 Å². The van der Waals surface area contributed by atoms with Gasteiger partial charge in [-0.1, -0.05) is 26.0 Å². The lowest BCUT2D eigenvalue weighted by molar-refractivity contribution is 0.0695. The molecule has 0 bridgehead atoms. The van der Waals surface area contributed by atoms with Crippen molar-refractivity contribution in [1.82, 2.24) is 8.97 Å². The van der Waals surface area contributed by atoms with E-state index in [0.29, 0.717) is 12.3 Å². The highest BCUT2D eigenvalue weighted by atomic mass is 16.5. The van der Waals surface area contributed by atoms with E-state index < -0.39 is 11.4 Å². The van der Waals surface area contributed by atoms with Crippen molar-refractivity contribution in [3.05, 3.63) is 80.1 Å². The first kappa shape index (κ1) is 18.4. The van der Waals surface area contributed by atoms with E-state index in [2.05, 4.69) is 0 Å². The Bertz CT molecular complexity index is 1140. The third-order valence-corrected chi connectivity index (χ3v) is 4.41. The predicted molar refractivity (Wildman–Crippen MR) is 101 cm³/mol. The highest BCUT2D eigenvalue weighted by molar-refractivity contribution is 5.87. The van der Waals surface area contributed by atoms with Gasteiger partial charge in [-0.15, -0.1) is 0 Å². The van der Waals surface area contributed by atoms with Crippen LogP contribution in [0.5, 0.6) is 5.75 Å². The maximum Gasteiger partial charge on any atom is 0.341 e. The largest absolute Gasteiger partial charge is 0.497 e. The highest BCUT2D eigenvalue weighted by Gasteiger charge is 2.16. The smallest absolute Gasteiger partial charge is 0.341 e.